The van der Waals surface area contributed by atoms with E-state index in [-0.39, 0.29) is 5.56 Å². The third kappa shape index (κ3) is 1.50. The molecule has 0 aliphatic heterocycles. The largest absolute Gasteiger partial charge is 0.397 e. The fourth-order valence-corrected chi connectivity index (χ4v) is 1.52. The van der Waals surface area contributed by atoms with E-state index < -0.39 is 5.91 Å². The van der Waals surface area contributed by atoms with E-state index in [1.54, 1.807) is 0 Å². The Bertz CT molecular complexity index is 549. The highest BCUT2D eigenvalue weighted by molar-refractivity contribution is 6.05. The molecule has 4 heteroatoms. The Morgan fingerprint density at radius 3 is 2.80 bits per heavy atom. The number of hydrogen-bond acceptors (Lipinski definition) is 3. The molecule has 1 heterocycles. The van der Waals surface area contributed by atoms with Crippen molar-refractivity contribution in [3.8, 4) is 0 Å². The molecule has 0 aliphatic carbocycles. The smallest absolute Gasteiger partial charge is 0.252 e. The topological polar surface area (TPSA) is 82.0 Å². The molecule has 0 unspecified atom stereocenters. The molecule has 0 fully saturated rings. The van der Waals surface area contributed by atoms with E-state index in [0.29, 0.717) is 5.69 Å². The van der Waals surface area contributed by atoms with Crippen LogP contribution in [0, 0.1) is 6.92 Å². The normalized spacial score (nSPS) is 10.5. The molecule has 1 aromatic carbocycles. The summed E-state index contributed by atoms with van der Waals surface area (Å²) in [5.41, 5.74) is 13.5. The summed E-state index contributed by atoms with van der Waals surface area (Å²) in [5.74, 6) is -0.552. The van der Waals surface area contributed by atoms with E-state index in [4.69, 9.17) is 11.5 Å². The van der Waals surface area contributed by atoms with Crippen LogP contribution in [0.3, 0.4) is 0 Å². The summed E-state index contributed by atoms with van der Waals surface area (Å²) in [6, 6.07) is 5.70. The molecular formula is C11H11N3O. The predicted molar refractivity (Wildman–Crippen MR) is 59.4 cm³/mol. The van der Waals surface area contributed by atoms with E-state index >= 15 is 0 Å². The van der Waals surface area contributed by atoms with Gasteiger partial charge in [0.15, 0.2) is 0 Å². The summed E-state index contributed by atoms with van der Waals surface area (Å²) in [7, 11) is 0. The number of carbonyl (C=O) groups is 1. The molecule has 4 N–H and O–H groups in total. The molecule has 2 aromatic rings. The van der Waals surface area contributed by atoms with Crippen LogP contribution in [0.2, 0.25) is 0 Å². The van der Waals surface area contributed by atoms with Gasteiger partial charge in [0.25, 0.3) is 5.91 Å². The summed E-state index contributed by atoms with van der Waals surface area (Å²) in [4.78, 5) is 15.2. The number of primary amides is 1. The highest BCUT2D eigenvalue weighted by Crippen LogP contribution is 2.23. The van der Waals surface area contributed by atoms with E-state index in [0.717, 1.165) is 16.5 Å². The first kappa shape index (κ1) is 9.45. The van der Waals surface area contributed by atoms with Crippen molar-refractivity contribution in [2.75, 3.05) is 5.73 Å². The van der Waals surface area contributed by atoms with E-state index in [2.05, 4.69) is 4.98 Å². The molecule has 76 valence electrons. The van der Waals surface area contributed by atoms with Crippen LogP contribution >= 0.6 is 0 Å². The zero-order chi connectivity index (χ0) is 11.0. The molecule has 0 aliphatic rings. The van der Waals surface area contributed by atoms with Crippen molar-refractivity contribution >= 4 is 22.5 Å². The number of nitrogens with zero attached hydrogens (tertiary/aromatic N) is 1. The number of rotatable bonds is 1. The Balaban J connectivity index is 2.82. The first-order chi connectivity index (χ1) is 7.09. The van der Waals surface area contributed by atoms with Gasteiger partial charge in [0.05, 0.1) is 16.8 Å². The third-order valence-corrected chi connectivity index (χ3v) is 2.33. The van der Waals surface area contributed by atoms with Gasteiger partial charge in [0.2, 0.25) is 0 Å². The molecule has 15 heavy (non-hydrogen) atoms. The van der Waals surface area contributed by atoms with E-state index in [1.807, 2.05) is 25.1 Å². The first-order valence-electron chi connectivity index (χ1n) is 4.54. The quantitative estimate of drug-likeness (QED) is 0.727. The number of benzene rings is 1. The van der Waals surface area contributed by atoms with Crippen LogP contribution in [0.5, 0.6) is 0 Å². The SMILES string of the molecule is Cc1ccc2ncc(C(N)=O)c(N)c2c1. The van der Waals surface area contributed by atoms with Gasteiger partial charge >= 0.3 is 0 Å². The number of nitrogen functional groups attached to an aromatic ring is 1. The summed E-state index contributed by atoms with van der Waals surface area (Å²) in [6.45, 7) is 1.95. The molecular weight excluding hydrogens is 190 g/mol. The molecule has 0 radical (unpaired) electrons. The summed E-state index contributed by atoms with van der Waals surface area (Å²) >= 11 is 0. The van der Waals surface area contributed by atoms with Crippen LogP contribution in [-0.2, 0) is 0 Å². The number of aromatic nitrogens is 1. The zero-order valence-electron chi connectivity index (χ0n) is 8.32. The number of carbonyl (C=O) groups excluding carboxylic acids is 1. The van der Waals surface area contributed by atoms with Crippen LogP contribution in [-0.4, -0.2) is 10.9 Å². The lowest BCUT2D eigenvalue weighted by Crippen LogP contribution is -2.14. The van der Waals surface area contributed by atoms with Gasteiger partial charge in [-0.1, -0.05) is 11.6 Å². The third-order valence-electron chi connectivity index (χ3n) is 2.33. The Morgan fingerprint density at radius 2 is 2.13 bits per heavy atom. The van der Waals surface area contributed by atoms with Crippen LogP contribution in [0.1, 0.15) is 15.9 Å². The lowest BCUT2D eigenvalue weighted by molar-refractivity contribution is 0.100. The second-order valence-corrected chi connectivity index (χ2v) is 3.47. The number of nitrogens with two attached hydrogens (primary N) is 2. The maximum Gasteiger partial charge on any atom is 0.252 e. The number of hydrogen-bond donors (Lipinski definition) is 2. The second-order valence-electron chi connectivity index (χ2n) is 3.47. The van der Waals surface area contributed by atoms with Gasteiger partial charge in [-0.05, 0) is 19.1 Å². The Kier molecular flexibility index (Phi) is 2.04. The number of fused-ring (bicyclic) bond motifs is 1. The Labute approximate surface area is 86.9 Å². The van der Waals surface area contributed by atoms with Crippen LogP contribution in [0.4, 0.5) is 5.69 Å². The van der Waals surface area contributed by atoms with E-state index in [1.165, 1.54) is 6.20 Å². The standard InChI is InChI=1S/C11H11N3O/c1-6-2-3-9-7(4-6)10(12)8(5-14-9)11(13)15/h2-5H,1H3,(H2,12,14)(H2,13,15). The van der Waals surface area contributed by atoms with Crippen molar-refractivity contribution in [3.05, 3.63) is 35.5 Å². The molecule has 0 spiro atoms. The fourth-order valence-electron chi connectivity index (χ4n) is 1.52. The number of aryl methyl sites for hydroxylation is 1. The summed E-state index contributed by atoms with van der Waals surface area (Å²) in [5, 5.41) is 0.770. The van der Waals surface area contributed by atoms with Crippen molar-refractivity contribution in [3.63, 3.8) is 0 Å². The van der Waals surface area contributed by atoms with Gasteiger partial charge in [0.1, 0.15) is 0 Å². The molecule has 0 saturated carbocycles. The average Bonchev–Trinajstić information content (AvgIpc) is 2.19. The van der Waals surface area contributed by atoms with Gasteiger partial charge in [-0.25, -0.2) is 0 Å². The number of pyridine rings is 1. The summed E-state index contributed by atoms with van der Waals surface area (Å²) < 4.78 is 0. The molecule has 2 rings (SSSR count). The van der Waals surface area contributed by atoms with Crippen LogP contribution in [0.15, 0.2) is 24.4 Å². The Morgan fingerprint density at radius 1 is 1.40 bits per heavy atom. The minimum absolute atomic E-state index is 0.271. The van der Waals surface area contributed by atoms with Crippen molar-refractivity contribution < 1.29 is 4.79 Å². The molecule has 0 saturated heterocycles. The Hall–Kier alpha value is -2.10. The maximum absolute atomic E-state index is 11.1. The highest BCUT2D eigenvalue weighted by Gasteiger charge is 2.09. The summed E-state index contributed by atoms with van der Waals surface area (Å²) in [6.07, 6.45) is 1.41. The van der Waals surface area contributed by atoms with Gasteiger partial charge < -0.3 is 11.5 Å². The maximum atomic E-state index is 11.1. The minimum atomic E-state index is -0.552. The lowest BCUT2D eigenvalue weighted by atomic mass is 10.1. The van der Waals surface area contributed by atoms with Crippen molar-refractivity contribution in [1.29, 1.82) is 0 Å². The first-order valence-corrected chi connectivity index (χ1v) is 4.54. The molecule has 1 amide bonds. The van der Waals surface area contributed by atoms with Crippen LogP contribution < -0.4 is 11.5 Å². The van der Waals surface area contributed by atoms with Crippen molar-refractivity contribution in [1.82, 2.24) is 4.98 Å². The predicted octanol–water partition coefficient (Wildman–Crippen LogP) is 1.22. The van der Waals surface area contributed by atoms with Gasteiger partial charge in [-0.3, -0.25) is 9.78 Å². The highest BCUT2D eigenvalue weighted by atomic mass is 16.1. The molecule has 0 atom stereocenters. The molecule has 4 nitrogen and oxygen atoms in total. The molecule has 1 aromatic heterocycles. The second kappa shape index (κ2) is 3.24. The number of amides is 1. The van der Waals surface area contributed by atoms with Crippen molar-refractivity contribution in [2.24, 2.45) is 5.73 Å². The average molecular weight is 201 g/mol. The minimum Gasteiger partial charge on any atom is -0.397 e. The van der Waals surface area contributed by atoms with Gasteiger partial charge in [0, 0.05) is 11.6 Å². The lowest BCUT2D eigenvalue weighted by Gasteiger charge is -2.06. The monoisotopic (exact) mass is 201 g/mol. The van der Waals surface area contributed by atoms with Gasteiger partial charge in [-0.15, -0.1) is 0 Å². The van der Waals surface area contributed by atoms with Crippen LogP contribution in [0.25, 0.3) is 10.9 Å². The fraction of sp³-hybridized carbons (Fsp3) is 0.0909. The van der Waals surface area contributed by atoms with E-state index in [9.17, 15) is 4.79 Å². The van der Waals surface area contributed by atoms with Crippen molar-refractivity contribution in [2.45, 2.75) is 6.92 Å². The van der Waals surface area contributed by atoms with Gasteiger partial charge in [-0.2, -0.15) is 0 Å². The number of anilines is 1. The molecule has 0 bridgehead atoms. The zero-order valence-corrected chi connectivity index (χ0v) is 8.32.